The molecular formula is C34H61B. The first-order chi connectivity index (χ1) is 17.3. The average Bonchev–Trinajstić information content (AvgIpc) is 2.97. The molecule has 0 spiro atoms. The number of fused-ring (bicyclic) bond motifs is 1. The SMILES string of the molecule is CCCCCCCBc1ccc2c(c1)CCCC(C(CCCCCC)CCCCCCC)CCC2. The fourth-order valence-corrected chi connectivity index (χ4v) is 6.61. The first kappa shape index (κ1) is 30.5. The van der Waals surface area contributed by atoms with Crippen molar-refractivity contribution in [2.45, 2.75) is 168 Å². The highest BCUT2D eigenvalue weighted by Gasteiger charge is 2.22. The highest BCUT2D eigenvalue weighted by molar-refractivity contribution is 6.53. The van der Waals surface area contributed by atoms with Crippen molar-refractivity contribution in [3.05, 3.63) is 29.3 Å². The third kappa shape index (κ3) is 13.4. The Kier molecular flexibility index (Phi) is 17.7. The minimum atomic E-state index is 0.986. The number of aryl methyl sites for hydroxylation is 2. The van der Waals surface area contributed by atoms with Gasteiger partial charge in [-0.25, -0.2) is 0 Å². The smallest absolute Gasteiger partial charge is 0.0842 e. The Morgan fingerprint density at radius 1 is 0.657 bits per heavy atom. The molecule has 2 unspecified atom stereocenters. The van der Waals surface area contributed by atoms with Gasteiger partial charge in [0.05, 0.1) is 0 Å². The summed E-state index contributed by atoms with van der Waals surface area (Å²) in [5.41, 5.74) is 4.99. The van der Waals surface area contributed by atoms with Crippen LogP contribution < -0.4 is 5.46 Å². The summed E-state index contributed by atoms with van der Waals surface area (Å²) in [7, 11) is 1.29. The number of benzene rings is 1. The molecule has 0 saturated carbocycles. The van der Waals surface area contributed by atoms with Crippen LogP contribution in [0.5, 0.6) is 0 Å². The molecule has 0 saturated heterocycles. The Balaban J connectivity index is 1.86. The highest BCUT2D eigenvalue weighted by Crippen LogP contribution is 2.34. The summed E-state index contributed by atoms with van der Waals surface area (Å²) < 4.78 is 0. The molecule has 1 aliphatic carbocycles. The third-order valence-corrected chi connectivity index (χ3v) is 8.91. The Hall–Kier alpha value is -0.715. The summed E-state index contributed by atoms with van der Waals surface area (Å²) in [4.78, 5) is 0. The van der Waals surface area contributed by atoms with Gasteiger partial charge < -0.3 is 0 Å². The zero-order chi connectivity index (χ0) is 25.0. The van der Waals surface area contributed by atoms with E-state index in [1.165, 1.54) is 155 Å². The first-order valence-corrected chi connectivity index (χ1v) is 16.4. The van der Waals surface area contributed by atoms with Crippen LogP contribution in [0.2, 0.25) is 6.32 Å². The molecule has 200 valence electrons. The molecule has 1 aromatic carbocycles. The van der Waals surface area contributed by atoms with Gasteiger partial charge in [-0.3, -0.25) is 0 Å². The van der Waals surface area contributed by atoms with E-state index in [1.54, 1.807) is 16.6 Å². The fraction of sp³-hybridized carbons (Fsp3) is 0.824. The van der Waals surface area contributed by atoms with Gasteiger partial charge in [-0.1, -0.05) is 153 Å². The van der Waals surface area contributed by atoms with Crippen molar-refractivity contribution >= 4 is 12.7 Å². The van der Waals surface area contributed by atoms with E-state index in [4.69, 9.17) is 0 Å². The minimum Gasteiger partial charge on any atom is -0.0842 e. The summed E-state index contributed by atoms with van der Waals surface area (Å²) in [6, 6.07) is 7.59. The summed E-state index contributed by atoms with van der Waals surface area (Å²) in [5.74, 6) is 1.98. The molecule has 1 aliphatic rings. The second-order valence-electron chi connectivity index (χ2n) is 12.0. The van der Waals surface area contributed by atoms with Gasteiger partial charge in [0, 0.05) is 0 Å². The van der Waals surface area contributed by atoms with E-state index in [9.17, 15) is 0 Å². The maximum atomic E-state index is 2.61. The van der Waals surface area contributed by atoms with E-state index < -0.39 is 0 Å². The Labute approximate surface area is 222 Å². The molecule has 0 heterocycles. The lowest BCUT2D eigenvalue weighted by atomic mass is 9.65. The predicted octanol–water partition coefficient (Wildman–Crippen LogP) is 10.4. The van der Waals surface area contributed by atoms with Crippen molar-refractivity contribution in [2.75, 3.05) is 0 Å². The third-order valence-electron chi connectivity index (χ3n) is 8.91. The summed E-state index contributed by atoms with van der Waals surface area (Å²) in [5, 5.41) is 0. The van der Waals surface area contributed by atoms with Crippen LogP contribution in [0, 0.1) is 11.8 Å². The monoisotopic (exact) mass is 480 g/mol. The van der Waals surface area contributed by atoms with Crippen LogP contribution in [0.15, 0.2) is 18.2 Å². The number of unbranched alkanes of at least 4 members (excludes halogenated alkanes) is 11. The molecule has 0 aromatic heterocycles. The van der Waals surface area contributed by atoms with E-state index in [0.29, 0.717) is 0 Å². The molecule has 1 heteroatoms. The largest absolute Gasteiger partial charge is 0.157 e. The second-order valence-corrected chi connectivity index (χ2v) is 12.0. The van der Waals surface area contributed by atoms with Crippen LogP contribution in [0.3, 0.4) is 0 Å². The maximum Gasteiger partial charge on any atom is 0.157 e. The van der Waals surface area contributed by atoms with Crippen molar-refractivity contribution in [1.82, 2.24) is 0 Å². The van der Waals surface area contributed by atoms with E-state index in [0.717, 1.165) is 11.8 Å². The lowest BCUT2D eigenvalue weighted by molar-refractivity contribution is 0.242. The van der Waals surface area contributed by atoms with Crippen molar-refractivity contribution < 1.29 is 0 Å². The Bertz CT molecular complexity index is 621. The molecule has 0 amide bonds. The minimum absolute atomic E-state index is 0.986. The van der Waals surface area contributed by atoms with Gasteiger partial charge in [0.15, 0.2) is 7.28 Å². The first-order valence-electron chi connectivity index (χ1n) is 16.4. The lowest BCUT2D eigenvalue weighted by Gasteiger charge is -2.27. The van der Waals surface area contributed by atoms with Crippen molar-refractivity contribution in [3.63, 3.8) is 0 Å². The van der Waals surface area contributed by atoms with E-state index in [-0.39, 0.29) is 0 Å². The molecule has 0 aliphatic heterocycles. The predicted molar refractivity (Wildman–Crippen MR) is 162 cm³/mol. The summed E-state index contributed by atoms with van der Waals surface area (Å²) in [6.07, 6.45) is 32.8. The normalized spacial score (nSPS) is 17.3. The van der Waals surface area contributed by atoms with Gasteiger partial charge in [0.1, 0.15) is 0 Å². The molecule has 0 fully saturated rings. The number of hydrogen-bond acceptors (Lipinski definition) is 0. The fourth-order valence-electron chi connectivity index (χ4n) is 6.61. The van der Waals surface area contributed by atoms with Crippen molar-refractivity contribution in [2.24, 2.45) is 11.8 Å². The van der Waals surface area contributed by atoms with Crippen molar-refractivity contribution in [3.8, 4) is 0 Å². The Morgan fingerprint density at radius 2 is 1.20 bits per heavy atom. The van der Waals surface area contributed by atoms with Gasteiger partial charge in [-0.15, -0.1) is 0 Å². The van der Waals surface area contributed by atoms with Gasteiger partial charge in [-0.2, -0.15) is 0 Å². The van der Waals surface area contributed by atoms with E-state index >= 15 is 0 Å². The van der Waals surface area contributed by atoms with Gasteiger partial charge in [0.2, 0.25) is 0 Å². The lowest BCUT2D eigenvalue weighted by Crippen LogP contribution is -2.16. The number of hydrogen-bond donors (Lipinski definition) is 0. The van der Waals surface area contributed by atoms with E-state index in [1.807, 2.05) is 0 Å². The molecule has 2 rings (SSSR count). The molecule has 0 radical (unpaired) electrons. The Morgan fingerprint density at radius 3 is 1.83 bits per heavy atom. The molecular weight excluding hydrogens is 419 g/mol. The van der Waals surface area contributed by atoms with Crippen LogP contribution in [0.4, 0.5) is 0 Å². The van der Waals surface area contributed by atoms with E-state index in [2.05, 4.69) is 39.0 Å². The van der Waals surface area contributed by atoms with Crippen LogP contribution >= 0.6 is 0 Å². The summed E-state index contributed by atoms with van der Waals surface area (Å²) in [6.45, 7) is 6.99. The van der Waals surface area contributed by atoms with Gasteiger partial charge in [0.25, 0.3) is 0 Å². The van der Waals surface area contributed by atoms with Crippen LogP contribution in [0.1, 0.15) is 160 Å². The van der Waals surface area contributed by atoms with Crippen LogP contribution in [-0.2, 0) is 12.8 Å². The maximum absolute atomic E-state index is 2.61. The van der Waals surface area contributed by atoms with Crippen molar-refractivity contribution in [1.29, 1.82) is 0 Å². The van der Waals surface area contributed by atoms with Crippen LogP contribution in [0.25, 0.3) is 0 Å². The summed E-state index contributed by atoms with van der Waals surface area (Å²) >= 11 is 0. The topological polar surface area (TPSA) is 0 Å². The molecule has 35 heavy (non-hydrogen) atoms. The highest BCUT2D eigenvalue weighted by atomic mass is 14.3. The van der Waals surface area contributed by atoms with Gasteiger partial charge in [-0.05, 0) is 61.5 Å². The molecule has 0 N–H and O–H groups in total. The molecule has 2 atom stereocenters. The zero-order valence-electron chi connectivity index (χ0n) is 24.4. The molecule has 0 nitrogen and oxygen atoms in total. The second kappa shape index (κ2) is 20.4. The van der Waals surface area contributed by atoms with Crippen LogP contribution in [-0.4, -0.2) is 7.28 Å². The zero-order valence-corrected chi connectivity index (χ0v) is 24.4. The van der Waals surface area contributed by atoms with Gasteiger partial charge >= 0.3 is 0 Å². The number of rotatable bonds is 19. The molecule has 1 aromatic rings. The average molecular weight is 481 g/mol. The standard InChI is InChI=1S/C34H61B/c1-4-7-10-13-16-21-30(20-15-12-9-6-3)31-22-18-24-32-26-27-34(29-33(32)25-19-23-31)35-28-17-14-11-8-5-2/h26-27,29-31,35H,4-25,28H2,1-3H3. The quantitative estimate of drug-likeness (QED) is 0.136. The molecule has 0 bridgehead atoms.